The lowest BCUT2D eigenvalue weighted by atomic mass is 9.95. The van der Waals surface area contributed by atoms with Crippen LogP contribution in [0.25, 0.3) is 5.76 Å². The molecule has 1 fully saturated rings. The molecule has 3 heterocycles. The van der Waals surface area contributed by atoms with Crippen molar-refractivity contribution in [1.82, 2.24) is 4.98 Å². The summed E-state index contributed by atoms with van der Waals surface area (Å²) in [6.07, 6.45) is 0. The molecule has 1 saturated heterocycles. The number of carbonyl (C=O) groups excluding carboxylic acids is 3. The van der Waals surface area contributed by atoms with E-state index in [2.05, 4.69) is 4.98 Å². The summed E-state index contributed by atoms with van der Waals surface area (Å²) in [7, 11) is 2.75. The summed E-state index contributed by atoms with van der Waals surface area (Å²) >= 11 is 0.927. The molecule has 0 radical (unpaired) electrons. The second-order valence-electron chi connectivity index (χ2n) is 8.21. The number of anilines is 1. The van der Waals surface area contributed by atoms with Gasteiger partial charge in [-0.2, -0.15) is 0 Å². The average molecular weight is 523 g/mol. The van der Waals surface area contributed by atoms with Crippen LogP contribution in [-0.4, -0.2) is 55.2 Å². The molecule has 11 heteroatoms. The van der Waals surface area contributed by atoms with Crippen LogP contribution >= 0.6 is 11.3 Å². The van der Waals surface area contributed by atoms with Crippen LogP contribution < -0.4 is 19.1 Å². The second kappa shape index (κ2) is 9.58. The van der Waals surface area contributed by atoms with Gasteiger partial charge in [0.05, 0.1) is 31.5 Å². The molecule has 2 aliphatic heterocycles. The molecule has 0 aliphatic carbocycles. The minimum Gasteiger partial charge on any atom is -0.507 e. The normalized spacial score (nSPS) is 18.1. The number of hydrogen-bond donors (Lipinski definition) is 1. The molecule has 1 aromatic heterocycles. The number of aromatic nitrogens is 1. The fraction of sp³-hybridized carbons (Fsp3) is 0.231. The van der Waals surface area contributed by atoms with E-state index >= 15 is 0 Å². The van der Waals surface area contributed by atoms with Crippen molar-refractivity contribution in [2.24, 2.45) is 0 Å². The van der Waals surface area contributed by atoms with E-state index in [-0.39, 0.29) is 26.9 Å². The summed E-state index contributed by atoms with van der Waals surface area (Å²) in [5, 5.41) is 11.5. The van der Waals surface area contributed by atoms with Gasteiger partial charge in [0.2, 0.25) is 0 Å². The number of Topliss-reactive ketones (excluding diaryl/α,β-unsaturated/α-hetero) is 1. The molecule has 1 atom stereocenters. The Morgan fingerprint density at radius 2 is 1.86 bits per heavy atom. The van der Waals surface area contributed by atoms with Crippen LogP contribution in [-0.2, 0) is 14.3 Å². The highest BCUT2D eigenvalue weighted by atomic mass is 32.1. The van der Waals surface area contributed by atoms with Crippen molar-refractivity contribution in [3.05, 3.63) is 69.7 Å². The molecule has 0 saturated carbocycles. The molecule has 37 heavy (non-hydrogen) atoms. The third-order valence-electron chi connectivity index (χ3n) is 6.03. The number of methoxy groups -OCH3 is 2. The minimum atomic E-state index is -1.04. The van der Waals surface area contributed by atoms with E-state index in [4.69, 9.17) is 18.9 Å². The summed E-state index contributed by atoms with van der Waals surface area (Å²) in [4.78, 5) is 44.8. The number of benzene rings is 2. The van der Waals surface area contributed by atoms with E-state index in [0.29, 0.717) is 41.7 Å². The van der Waals surface area contributed by atoms with Crippen molar-refractivity contribution in [2.45, 2.75) is 13.0 Å². The summed E-state index contributed by atoms with van der Waals surface area (Å²) < 4.78 is 21.3. The Morgan fingerprint density at radius 3 is 2.59 bits per heavy atom. The molecule has 1 amide bonds. The smallest absolute Gasteiger partial charge is 0.350 e. The topological polar surface area (TPSA) is 124 Å². The van der Waals surface area contributed by atoms with E-state index in [1.807, 2.05) is 0 Å². The van der Waals surface area contributed by atoms with Crippen molar-refractivity contribution in [1.29, 1.82) is 0 Å². The molecule has 1 N–H and O–H groups in total. The number of aliphatic hydroxyl groups excluding tert-OH is 1. The summed E-state index contributed by atoms with van der Waals surface area (Å²) in [5.74, 6) is -1.35. The van der Waals surface area contributed by atoms with E-state index < -0.39 is 23.7 Å². The Bertz CT molecular complexity index is 1460. The molecule has 0 spiro atoms. The van der Waals surface area contributed by atoms with E-state index in [0.717, 1.165) is 11.3 Å². The molecular formula is C26H22N2O8S. The number of thiazole rings is 1. The molecule has 2 aromatic carbocycles. The summed E-state index contributed by atoms with van der Waals surface area (Å²) in [6, 6.07) is 10.6. The van der Waals surface area contributed by atoms with Gasteiger partial charge >= 0.3 is 11.9 Å². The summed E-state index contributed by atoms with van der Waals surface area (Å²) in [6.45, 7) is 2.36. The Kier molecular flexibility index (Phi) is 6.30. The quantitative estimate of drug-likeness (QED) is 0.231. The third kappa shape index (κ3) is 4.16. The molecule has 5 rings (SSSR count). The number of carbonyl (C=O) groups is 3. The maximum Gasteiger partial charge on any atom is 0.350 e. The van der Waals surface area contributed by atoms with Crippen LogP contribution in [0.5, 0.6) is 17.2 Å². The van der Waals surface area contributed by atoms with Gasteiger partial charge in [-0.1, -0.05) is 23.5 Å². The van der Waals surface area contributed by atoms with E-state index in [1.54, 1.807) is 49.4 Å². The molecule has 3 aromatic rings. The Hall–Kier alpha value is -4.38. The van der Waals surface area contributed by atoms with Gasteiger partial charge in [-0.15, -0.1) is 0 Å². The van der Waals surface area contributed by atoms with Crippen LogP contribution in [0.2, 0.25) is 0 Å². The Morgan fingerprint density at radius 1 is 1.11 bits per heavy atom. The second-order valence-corrected chi connectivity index (χ2v) is 9.18. The first-order valence-corrected chi connectivity index (χ1v) is 12.1. The van der Waals surface area contributed by atoms with Gasteiger partial charge in [0.15, 0.2) is 16.6 Å². The van der Waals surface area contributed by atoms with E-state index in [9.17, 15) is 19.5 Å². The number of nitrogens with zero attached hydrogens (tertiary/aromatic N) is 2. The number of amides is 1. The lowest BCUT2D eigenvalue weighted by Crippen LogP contribution is -2.29. The maximum atomic E-state index is 13.4. The van der Waals surface area contributed by atoms with Crippen LogP contribution in [0.3, 0.4) is 0 Å². The van der Waals surface area contributed by atoms with Crippen LogP contribution in [0.15, 0.2) is 48.0 Å². The molecule has 190 valence electrons. The maximum absolute atomic E-state index is 13.4. The average Bonchev–Trinajstić information content (AvgIpc) is 3.43. The Balaban J connectivity index is 1.70. The molecule has 2 aliphatic rings. The van der Waals surface area contributed by atoms with Crippen molar-refractivity contribution in [3.8, 4) is 17.2 Å². The van der Waals surface area contributed by atoms with Crippen molar-refractivity contribution >= 4 is 39.9 Å². The largest absolute Gasteiger partial charge is 0.507 e. The number of aliphatic hydroxyl groups is 1. The van der Waals surface area contributed by atoms with Gasteiger partial charge in [-0.25, -0.2) is 9.78 Å². The van der Waals surface area contributed by atoms with Crippen LogP contribution in [0.4, 0.5) is 5.13 Å². The SMILES string of the molecule is COC(=O)c1sc(N2C(=O)C(=O)/C(=C(/O)c3ccc4c(c3)OCCO4)C2c2cccc(OC)c2)nc1C. The minimum absolute atomic E-state index is 0.119. The number of fused-ring (bicyclic) bond motifs is 1. The van der Waals surface area contributed by atoms with Gasteiger partial charge in [0.1, 0.15) is 29.6 Å². The zero-order valence-electron chi connectivity index (χ0n) is 20.1. The van der Waals surface area contributed by atoms with Gasteiger partial charge in [-0.3, -0.25) is 14.5 Å². The standard InChI is InChI=1S/C26H22N2O8S/c1-13-23(25(32)34-3)37-26(27-13)28-20(14-5-4-6-16(11-14)33-2)19(22(30)24(28)31)21(29)15-7-8-17-18(12-15)36-10-9-35-17/h4-8,11-12,20,29H,9-10H2,1-3H3/b21-19+. The third-order valence-corrected chi connectivity index (χ3v) is 7.17. The fourth-order valence-electron chi connectivity index (χ4n) is 4.27. The van der Waals surface area contributed by atoms with E-state index in [1.165, 1.54) is 19.1 Å². The Labute approximate surface area is 215 Å². The van der Waals surface area contributed by atoms with Gasteiger partial charge in [0.25, 0.3) is 5.78 Å². The monoisotopic (exact) mass is 522 g/mol. The predicted molar refractivity (Wildman–Crippen MR) is 133 cm³/mol. The molecular weight excluding hydrogens is 500 g/mol. The van der Waals surface area contributed by atoms with Crippen molar-refractivity contribution in [2.75, 3.05) is 32.3 Å². The van der Waals surface area contributed by atoms with Crippen LogP contribution in [0.1, 0.15) is 32.5 Å². The first-order chi connectivity index (χ1) is 17.8. The predicted octanol–water partition coefficient (Wildman–Crippen LogP) is 3.64. The van der Waals surface area contributed by atoms with Gasteiger partial charge < -0.3 is 24.1 Å². The van der Waals surface area contributed by atoms with Gasteiger partial charge in [0, 0.05) is 5.56 Å². The number of ketones is 1. The van der Waals surface area contributed by atoms with Crippen molar-refractivity contribution < 1.29 is 38.4 Å². The van der Waals surface area contributed by atoms with Crippen molar-refractivity contribution in [3.63, 3.8) is 0 Å². The first-order valence-electron chi connectivity index (χ1n) is 11.2. The van der Waals surface area contributed by atoms with Crippen LogP contribution in [0, 0.1) is 6.92 Å². The number of esters is 1. The molecule has 1 unspecified atom stereocenters. The lowest BCUT2D eigenvalue weighted by Gasteiger charge is -2.23. The lowest BCUT2D eigenvalue weighted by molar-refractivity contribution is -0.132. The number of ether oxygens (including phenoxy) is 4. The first kappa shape index (κ1) is 24.3. The molecule has 10 nitrogen and oxygen atoms in total. The highest BCUT2D eigenvalue weighted by molar-refractivity contribution is 7.17. The zero-order chi connectivity index (χ0) is 26.3. The molecule has 0 bridgehead atoms. The highest BCUT2D eigenvalue weighted by Gasteiger charge is 2.48. The number of aryl methyl sites for hydroxylation is 1. The zero-order valence-corrected chi connectivity index (χ0v) is 21.0. The summed E-state index contributed by atoms with van der Waals surface area (Å²) in [5.41, 5.74) is 0.998. The number of rotatable bonds is 5. The van der Waals surface area contributed by atoms with Gasteiger partial charge in [-0.05, 0) is 42.8 Å². The number of hydrogen-bond acceptors (Lipinski definition) is 10. The fourth-order valence-corrected chi connectivity index (χ4v) is 5.28. The highest BCUT2D eigenvalue weighted by Crippen LogP contribution is 2.45.